The summed E-state index contributed by atoms with van der Waals surface area (Å²) in [5.74, 6) is 5.72. The number of nitrogens with two attached hydrogens (primary N) is 1. The van der Waals surface area contributed by atoms with Crippen LogP contribution in [0, 0.1) is 11.8 Å². The minimum absolute atomic E-state index is 0.0630. The monoisotopic (exact) mass is 161 g/mol. The van der Waals surface area contributed by atoms with Crippen molar-refractivity contribution in [2.75, 3.05) is 0 Å². The highest BCUT2D eigenvalue weighted by atomic mass is 14.7. The van der Waals surface area contributed by atoms with E-state index in [0.717, 1.165) is 6.42 Å². The van der Waals surface area contributed by atoms with Gasteiger partial charge in [0.05, 0.1) is 12.2 Å². The highest BCUT2D eigenvalue weighted by Gasteiger charge is 1.90. The normalized spacial score (nSPS) is 11.5. The van der Waals surface area contributed by atoms with Gasteiger partial charge in [0.1, 0.15) is 5.69 Å². The summed E-state index contributed by atoms with van der Waals surface area (Å²) >= 11 is 0. The van der Waals surface area contributed by atoms with Crippen molar-refractivity contribution in [1.82, 2.24) is 9.97 Å². The van der Waals surface area contributed by atoms with Crippen LogP contribution in [-0.2, 0) is 0 Å². The van der Waals surface area contributed by atoms with Crippen LogP contribution in [0.25, 0.3) is 0 Å². The SMILES string of the molecule is CCC(N)C#Cc1cnccn1. The highest BCUT2D eigenvalue weighted by molar-refractivity contribution is 5.25. The molecule has 3 heteroatoms. The Balaban J connectivity index is 2.67. The first-order valence-electron chi connectivity index (χ1n) is 3.86. The maximum Gasteiger partial charge on any atom is 0.131 e. The van der Waals surface area contributed by atoms with Crippen LogP contribution < -0.4 is 5.73 Å². The minimum Gasteiger partial charge on any atom is -0.318 e. The van der Waals surface area contributed by atoms with Gasteiger partial charge in [0, 0.05) is 12.4 Å². The van der Waals surface area contributed by atoms with E-state index in [0.29, 0.717) is 5.69 Å². The van der Waals surface area contributed by atoms with Gasteiger partial charge in [-0.25, -0.2) is 4.98 Å². The molecule has 2 N–H and O–H groups in total. The van der Waals surface area contributed by atoms with E-state index >= 15 is 0 Å². The lowest BCUT2D eigenvalue weighted by Gasteiger charge is -1.94. The fourth-order valence-corrected chi connectivity index (χ4v) is 0.632. The molecule has 0 spiro atoms. The zero-order chi connectivity index (χ0) is 8.81. The Kier molecular flexibility index (Phi) is 3.24. The van der Waals surface area contributed by atoms with Crippen LogP contribution in [0.2, 0.25) is 0 Å². The average Bonchev–Trinajstić information content (AvgIpc) is 2.16. The first kappa shape index (κ1) is 8.69. The van der Waals surface area contributed by atoms with Crippen LogP contribution >= 0.6 is 0 Å². The largest absolute Gasteiger partial charge is 0.318 e. The van der Waals surface area contributed by atoms with Gasteiger partial charge in [-0.2, -0.15) is 0 Å². The van der Waals surface area contributed by atoms with E-state index in [1.807, 2.05) is 6.92 Å². The van der Waals surface area contributed by atoms with Crippen molar-refractivity contribution in [2.45, 2.75) is 19.4 Å². The van der Waals surface area contributed by atoms with Crippen molar-refractivity contribution in [3.8, 4) is 11.8 Å². The van der Waals surface area contributed by atoms with E-state index in [9.17, 15) is 0 Å². The Morgan fingerprint density at radius 3 is 3.00 bits per heavy atom. The number of nitrogens with zero attached hydrogens (tertiary/aromatic N) is 2. The maximum atomic E-state index is 5.60. The van der Waals surface area contributed by atoms with E-state index in [1.165, 1.54) is 0 Å². The van der Waals surface area contributed by atoms with Crippen LogP contribution in [-0.4, -0.2) is 16.0 Å². The third-order valence-corrected chi connectivity index (χ3v) is 1.39. The van der Waals surface area contributed by atoms with Crippen molar-refractivity contribution in [2.24, 2.45) is 5.73 Å². The first-order chi connectivity index (χ1) is 5.83. The maximum absolute atomic E-state index is 5.60. The standard InChI is InChI=1S/C9H11N3/c1-2-8(10)3-4-9-7-11-5-6-12-9/h5-8H,2,10H2,1H3. The van der Waals surface area contributed by atoms with Gasteiger partial charge in [-0.05, 0) is 12.3 Å². The topological polar surface area (TPSA) is 51.8 Å². The molecule has 1 aromatic heterocycles. The fourth-order valence-electron chi connectivity index (χ4n) is 0.632. The number of hydrogen-bond donors (Lipinski definition) is 1. The quantitative estimate of drug-likeness (QED) is 0.612. The van der Waals surface area contributed by atoms with Gasteiger partial charge in [-0.1, -0.05) is 12.8 Å². The lowest BCUT2D eigenvalue weighted by molar-refractivity contribution is 0.805. The summed E-state index contributed by atoms with van der Waals surface area (Å²) < 4.78 is 0. The minimum atomic E-state index is -0.0630. The van der Waals surface area contributed by atoms with Crippen LogP contribution in [0.1, 0.15) is 19.0 Å². The Labute approximate surface area is 72.0 Å². The van der Waals surface area contributed by atoms with E-state index in [2.05, 4.69) is 21.8 Å². The molecule has 1 aromatic rings. The summed E-state index contributed by atoms with van der Waals surface area (Å²) in [7, 11) is 0. The molecule has 0 radical (unpaired) electrons. The van der Waals surface area contributed by atoms with Gasteiger partial charge >= 0.3 is 0 Å². The molecule has 12 heavy (non-hydrogen) atoms. The molecule has 0 saturated carbocycles. The Morgan fingerprint density at radius 1 is 1.58 bits per heavy atom. The summed E-state index contributed by atoms with van der Waals surface area (Å²) in [4.78, 5) is 7.88. The molecule has 1 rings (SSSR count). The second kappa shape index (κ2) is 4.47. The summed E-state index contributed by atoms with van der Waals surface area (Å²) in [6.45, 7) is 2.00. The molecule has 1 atom stereocenters. The van der Waals surface area contributed by atoms with Crippen molar-refractivity contribution in [3.05, 3.63) is 24.3 Å². The van der Waals surface area contributed by atoms with E-state index in [4.69, 9.17) is 5.73 Å². The number of hydrogen-bond acceptors (Lipinski definition) is 3. The lowest BCUT2D eigenvalue weighted by atomic mass is 10.2. The van der Waals surface area contributed by atoms with Crippen molar-refractivity contribution < 1.29 is 0 Å². The van der Waals surface area contributed by atoms with Crippen LogP contribution in [0.4, 0.5) is 0 Å². The second-order valence-corrected chi connectivity index (χ2v) is 2.37. The molecule has 0 amide bonds. The van der Waals surface area contributed by atoms with Crippen molar-refractivity contribution in [1.29, 1.82) is 0 Å². The third-order valence-electron chi connectivity index (χ3n) is 1.39. The zero-order valence-corrected chi connectivity index (χ0v) is 6.99. The fraction of sp³-hybridized carbons (Fsp3) is 0.333. The summed E-state index contributed by atoms with van der Waals surface area (Å²) in [6.07, 6.45) is 5.70. The summed E-state index contributed by atoms with van der Waals surface area (Å²) in [5, 5.41) is 0. The number of aromatic nitrogens is 2. The molecule has 0 aliphatic rings. The van der Waals surface area contributed by atoms with E-state index in [-0.39, 0.29) is 6.04 Å². The molecule has 0 aromatic carbocycles. The average molecular weight is 161 g/mol. The molecule has 0 saturated heterocycles. The van der Waals surface area contributed by atoms with Crippen LogP contribution in [0.3, 0.4) is 0 Å². The van der Waals surface area contributed by atoms with Gasteiger partial charge in [0.15, 0.2) is 0 Å². The third kappa shape index (κ3) is 2.69. The smallest absolute Gasteiger partial charge is 0.131 e. The van der Waals surface area contributed by atoms with E-state index in [1.54, 1.807) is 18.6 Å². The van der Waals surface area contributed by atoms with Gasteiger partial charge in [0.2, 0.25) is 0 Å². The van der Waals surface area contributed by atoms with Crippen LogP contribution in [0.15, 0.2) is 18.6 Å². The van der Waals surface area contributed by atoms with E-state index < -0.39 is 0 Å². The van der Waals surface area contributed by atoms with Crippen molar-refractivity contribution >= 4 is 0 Å². The highest BCUT2D eigenvalue weighted by Crippen LogP contribution is 1.87. The van der Waals surface area contributed by atoms with Crippen LogP contribution in [0.5, 0.6) is 0 Å². The number of rotatable bonds is 1. The summed E-state index contributed by atoms with van der Waals surface area (Å²) in [6, 6.07) is -0.0630. The molecule has 0 aliphatic carbocycles. The molecule has 0 fully saturated rings. The molecular weight excluding hydrogens is 150 g/mol. The zero-order valence-electron chi connectivity index (χ0n) is 6.99. The van der Waals surface area contributed by atoms with Crippen molar-refractivity contribution in [3.63, 3.8) is 0 Å². The Morgan fingerprint density at radius 2 is 2.42 bits per heavy atom. The lowest BCUT2D eigenvalue weighted by Crippen LogP contribution is -2.15. The summed E-state index contributed by atoms with van der Waals surface area (Å²) in [5.41, 5.74) is 6.27. The predicted octanol–water partition coefficient (Wildman–Crippen LogP) is 0.565. The molecule has 3 nitrogen and oxygen atoms in total. The Hall–Kier alpha value is -1.40. The van der Waals surface area contributed by atoms with Gasteiger partial charge in [0.25, 0.3) is 0 Å². The molecule has 1 unspecified atom stereocenters. The first-order valence-corrected chi connectivity index (χ1v) is 3.86. The predicted molar refractivity (Wildman–Crippen MR) is 47.2 cm³/mol. The molecule has 0 bridgehead atoms. The Bertz CT molecular complexity index is 284. The molecule has 1 heterocycles. The molecule has 0 aliphatic heterocycles. The van der Waals surface area contributed by atoms with Gasteiger partial charge < -0.3 is 5.73 Å². The molecule has 62 valence electrons. The second-order valence-electron chi connectivity index (χ2n) is 2.37. The molecular formula is C9H11N3. The van der Waals surface area contributed by atoms with Gasteiger partial charge in [-0.15, -0.1) is 0 Å². The van der Waals surface area contributed by atoms with Gasteiger partial charge in [-0.3, -0.25) is 4.98 Å².